The van der Waals surface area contributed by atoms with Crippen molar-refractivity contribution in [1.29, 1.82) is 0 Å². The topological polar surface area (TPSA) is 59.1 Å². The minimum absolute atomic E-state index is 0.0698. The Balaban J connectivity index is 1.65. The lowest BCUT2D eigenvalue weighted by atomic mass is 9.89. The van der Waals surface area contributed by atoms with Gasteiger partial charge in [0.2, 0.25) is 10.0 Å². The number of methoxy groups -OCH3 is 1. The zero-order chi connectivity index (χ0) is 18.8. The molecule has 6 nitrogen and oxygen atoms in total. The summed E-state index contributed by atoms with van der Waals surface area (Å²) in [5.74, 6) is 0.471. The van der Waals surface area contributed by atoms with Crippen LogP contribution in [0.25, 0.3) is 0 Å². The lowest BCUT2D eigenvalue weighted by Crippen LogP contribution is -2.40. The van der Waals surface area contributed by atoms with Crippen molar-refractivity contribution < 1.29 is 17.9 Å². The van der Waals surface area contributed by atoms with E-state index < -0.39 is 10.0 Å². The molecule has 0 spiro atoms. The summed E-state index contributed by atoms with van der Waals surface area (Å²) in [6, 6.07) is 7.30. The summed E-state index contributed by atoms with van der Waals surface area (Å²) in [6.07, 6.45) is 1.03. The number of morpholine rings is 1. The zero-order valence-corrected chi connectivity index (χ0v) is 16.8. The van der Waals surface area contributed by atoms with Crippen molar-refractivity contribution in [1.82, 2.24) is 9.21 Å². The van der Waals surface area contributed by atoms with Crippen LogP contribution >= 0.6 is 0 Å². The van der Waals surface area contributed by atoms with Crippen LogP contribution in [0.3, 0.4) is 0 Å². The molecule has 0 radical (unpaired) electrons. The first kappa shape index (κ1) is 19.8. The summed E-state index contributed by atoms with van der Waals surface area (Å²) in [4.78, 5) is 2.74. The van der Waals surface area contributed by atoms with Gasteiger partial charge < -0.3 is 9.47 Å². The smallest absolute Gasteiger partial charge is 0.243 e. The molecule has 0 bridgehead atoms. The number of ether oxygens (including phenoxy) is 2. The van der Waals surface area contributed by atoms with Gasteiger partial charge in [-0.1, -0.05) is 26.0 Å². The van der Waals surface area contributed by atoms with Crippen molar-refractivity contribution in [3.05, 3.63) is 29.8 Å². The van der Waals surface area contributed by atoms with Crippen LogP contribution in [0.15, 0.2) is 29.2 Å². The van der Waals surface area contributed by atoms with Crippen LogP contribution in [0.5, 0.6) is 0 Å². The highest BCUT2D eigenvalue weighted by Crippen LogP contribution is 2.33. The van der Waals surface area contributed by atoms with E-state index in [0.29, 0.717) is 37.1 Å². The van der Waals surface area contributed by atoms with Crippen LogP contribution in [-0.4, -0.2) is 69.7 Å². The van der Waals surface area contributed by atoms with Crippen molar-refractivity contribution in [2.75, 3.05) is 46.5 Å². The molecule has 0 aromatic heterocycles. The van der Waals surface area contributed by atoms with Crippen molar-refractivity contribution in [3.63, 3.8) is 0 Å². The summed E-state index contributed by atoms with van der Waals surface area (Å²) >= 11 is 0. The molecule has 2 aliphatic heterocycles. The molecule has 1 atom stereocenters. The number of sulfonamides is 1. The Morgan fingerprint density at radius 1 is 1.15 bits per heavy atom. The molecule has 1 aromatic carbocycles. The van der Waals surface area contributed by atoms with E-state index in [4.69, 9.17) is 9.47 Å². The van der Waals surface area contributed by atoms with Crippen LogP contribution in [-0.2, 0) is 26.0 Å². The highest BCUT2D eigenvalue weighted by molar-refractivity contribution is 7.89. The average molecular weight is 383 g/mol. The SMILES string of the molecule is COC1(C(C)C)CCN(Cc2ccc(S(=O)(=O)N3CCOCC3)cc2)C1. The molecule has 7 heteroatoms. The summed E-state index contributed by atoms with van der Waals surface area (Å²) in [7, 11) is -1.62. The number of hydrogen-bond acceptors (Lipinski definition) is 5. The number of likely N-dealkylation sites (tertiary alicyclic amines) is 1. The predicted molar refractivity (Wildman–Crippen MR) is 100 cm³/mol. The standard InChI is InChI=1S/C19H30N2O4S/c1-16(2)19(24-3)8-9-20(15-19)14-17-4-6-18(7-5-17)26(22,23)21-10-12-25-13-11-21/h4-7,16H,8-15H2,1-3H3. The van der Waals surface area contributed by atoms with Gasteiger partial charge >= 0.3 is 0 Å². The van der Waals surface area contributed by atoms with Crippen LogP contribution in [0.2, 0.25) is 0 Å². The first-order valence-electron chi connectivity index (χ1n) is 9.32. The van der Waals surface area contributed by atoms with Gasteiger partial charge in [-0.2, -0.15) is 4.31 Å². The van der Waals surface area contributed by atoms with Gasteiger partial charge in [0.25, 0.3) is 0 Å². The molecule has 0 saturated carbocycles. The predicted octanol–water partition coefficient (Wildman–Crippen LogP) is 1.95. The van der Waals surface area contributed by atoms with E-state index in [1.54, 1.807) is 19.2 Å². The third-order valence-electron chi connectivity index (χ3n) is 5.74. The van der Waals surface area contributed by atoms with E-state index in [1.807, 2.05) is 12.1 Å². The summed E-state index contributed by atoms with van der Waals surface area (Å²) in [5, 5.41) is 0. The Kier molecular flexibility index (Phi) is 6.04. The average Bonchev–Trinajstić information content (AvgIpc) is 3.07. The summed E-state index contributed by atoms with van der Waals surface area (Å²) in [6.45, 7) is 8.91. The van der Waals surface area contributed by atoms with E-state index >= 15 is 0 Å². The molecular weight excluding hydrogens is 352 g/mol. The number of benzene rings is 1. The van der Waals surface area contributed by atoms with Gasteiger partial charge in [-0.25, -0.2) is 8.42 Å². The maximum atomic E-state index is 12.7. The van der Waals surface area contributed by atoms with Crippen molar-refractivity contribution in [2.45, 2.75) is 37.3 Å². The fraction of sp³-hybridized carbons (Fsp3) is 0.684. The Hall–Kier alpha value is -0.990. The molecule has 0 aliphatic carbocycles. The monoisotopic (exact) mass is 382 g/mol. The second kappa shape index (κ2) is 7.94. The van der Waals surface area contributed by atoms with Gasteiger partial charge in [-0.3, -0.25) is 4.90 Å². The zero-order valence-electron chi connectivity index (χ0n) is 16.0. The molecule has 1 unspecified atom stereocenters. The van der Waals surface area contributed by atoms with Crippen molar-refractivity contribution in [3.8, 4) is 0 Å². The first-order chi connectivity index (χ1) is 12.4. The summed E-state index contributed by atoms with van der Waals surface area (Å²) < 4.78 is 37.9. The molecule has 2 fully saturated rings. The first-order valence-corrected chi connectivity index (χ1v) is 10.8. The Morgan fingerprint density at radius 3 is 2.35 bits per heavy atom. The molecule has 2 aliphatic rings. The lowest BCUT2D eigenvalue weighted by Gasteiger charge is -2.32. The van der Waals surface area contributed by atoms with E-state index in [2.05, 4.69) is 18.7 Å². The van der Waals surface area contributed by atoms with Crippen LogP contribution < -0.4 is 0 Å². The van der Waals surface area contributed by atoms with E-state index in [-0.39, 0.29) is 5.60 Å². The fourth-order valence-corrected chi connectivity index (χ4v) is 5.26. The van der Waals surface area contributed by atoms with Crippen molar-refractivity contribution >= 4 is 10.0 Å². The van der Waals surface area contributed by atoms with E-state index in [9.17, 15) is 8.42 Å². The Bertz CT molecular complexity index is 699. The van der Waals surface area contributed by atoms with Crippen LogP contribution in [0, 0.1) is 5.92 Å². The third kappa shape index (κ3) is 3.97. The quantitative estimate of drug-likeness (QED) is 0.753. The molecule has 146 valence electrons. The minimum atomic E-state index is -3.42. The van der Waals surface area contributed by atoms with Crippen molar-refractivity contribution in [2.24, 2.45) is 5.92 Å². The maximum absolute atomic E-state index is 12.7. The van der Waals surface area contributed by atoms with Gasteiger partial charge in [0.15, 0.2) is 0 Å². The fourth-order valence-electron chi connectivity index (χ4n) is 3.85. The second-order valence-electron chi connectivity index (χ2n) is 7.54. The molecule has 3 rings (SSSR count). The Morgan fingerprint density at radius 2 is 1.81 bits per heavy atom. The molecule has 2 heterocycles. The summed E-state index contributed by atoms with van der Waals surface area (Å²) in [5.41, 5.74) is 1.06. The van der Waals surface area contributed by atoms with Crippen LogP contribution in [0.4, 0.5) is 0 Å². The largest absolute Gasteiger partial charge is 0.379 e. The molecule has 0 N–H and O–H groups in total. The van der Waals surface area contributed by atoms with Gasteiger partial charge in [0.1, 0.15) is 0 Å². The van der Waals surface area contributed by atoms with Crippen LogP contribution in [0.1, 0.15) is 25.8 Å². The van der Waals surface area contributed by atoms with Gasteiger partial charge in [-0.05, 0) is 30.0 Å². The van der Waals surface area contributed by atoms with Gasteiger partial charge in [0.05, 0.1) is 23.7 Å². The molecule has 1 aromatic rings. The molecule has 2 saturated heterocycles. The lowest BCUT2D eigenvalue weighted by molar-refractivity contribution is -0.0388. The van der Waals surface area contributed by atoms with E-state index in [1.165, 1.54) is 4.31 Å². The second-order valence-corrected chi connectivity index (χ2v) is 9.48. The molecule has 26 heavy (non-hydrogen) atoms. The molecule has 0 amide bonds. The van der Waals surface area contributed by atoms with Gasteiger partial charge in [0, 0.05) is 39.8 Å². The number of hydrogen-bond donors (Lipinski definition) is 0. The minimum Gasteiger partial charge on any atom is -0.379 e. The Labute approximate surface area is 157 Å². The maximum Gasteiger partial charge on any atom is 0.243 e. The number of nitrogens with zero attached hydrogens (tertiary/aromatic N) is 2. The van der Waals surface area contributed by atoms with Gasteiger partial charge in [-0.15, -0.1) is 0 Å². The number of rotatable bonds is 6. The highest BCUT2D eigenvalue weighted by Gasteiger charge is 2.40. The third-order valence-corrected chi connectivity index (χ3v) is 7.65. The van der Waals surface area contributed by atoms with E-state index in [0.717, 1.165) is 31.6 Å². The highest BCUT2D eigenvalue weighted by atomic mass is 32.2. The molecular formula is C19H30N2O4S. The normalized spacial score (nSPS) is 25.8.